The van der Waals surface area contributed by atoms with Crippen LogP contribution in [0.15, 0.2) is 29.5 Å². The lowest BCUT2D eigenvalue weighted by atomic mass is 10.3. The van der Waals surface area contributed by atoms with Gasteiger partial charge in [-0.15, -0.1) is 0 Å². The van der Waals surface area contributed by atoms with Crippen LogP contribution in [0.4, 0.5) is 0 Å². The Labute approximate surface area is 93.4 Å². The summed E-state index contributed by atoms with van der Waals surface area (Å²) in [5.41, 5.74) is 7.50. The third-order valence-electron chi connectivity index (χ3n) is 2.06. The third-order valence-corrected chi connectivity index (χ3v) is 2.06. The molecule has 1 fully saturated rings. The predicted octanol–water partition coefficient (Wildman–Crippen LogP) is 2.16. The summed E-state index contributed by atoms with van der Waals surface area (Å²) in [5, 5.41) is 0. The van der Waals surface area contributed by atoms with Crippen molar-refractivity contribution in [2.75, 3.05) is 13.1 Å². The number of aliphatic imine (C=N–C) groups is 1. The molecule has 0 aromatic carbocycles. The molecule has 1 saturated heterocycles. The van der Waals surface area contributed by atoms with Crippen molar-refractivity contribution in [1.29, 1.82) is 0 Å². The summed E-state index contributed by atoms with van der Waals surface area (Å²) >= 11 is 0. The standard InChI is InChI=1S/C10H17N3.C2H6/c1-8(2)12-6-9(3)13-5-4-10(11)7-13;1-2/h6,10H,1,3-5,7,11H2,2H3;1-2H3. The van der Waals surface area contributed by atoms with E-state index in [0.717, 1.165) is 30.9 Å². The SMILES string of the molecule is C=C(C)N=CC(=C)N1CCC(N)C1.CC. The first-order valence-electron chi connectivity index (χ1n) is 5.48. The Bertz CT molecular complexity index is 243. The Morgan fingerprint density at radius 2 is 2.07 bits per heavy atom. The van der Waals surface area contributed by atoms with Gasteiger partial charge in [0, 0.05) is 36.7 Å². The van der Waals surface area contributed by atoms with E-state index >= 15 is 0 Å². The highest BCUT2D eigenvalue weighted by Crippen LogP contribution is 2.11. The van der Waals surface area contributed by atoms with Crippen LogP contribution in [-0.2, 0) is 0 Å². The first kappa shape index (κ1) is 13.9. The minimum absolute atomic E-state index is 0.287. The molecule has 1 rings (SSSR count). The van der Waals surface area contributed by atoms with Gasteiger partial charge in [-0.3, -0.25) is 4.99 Å². The molecule has 0 aromatic heterocycles. The molecule has 1 aliphatic rings. The fourth-order valence-corrected chi connectivity index (χ4v) is 1.31. The molecule has 15 heavy (non-hydrogen) atoms. The molecule has 1 atom stereocenters. The summed E-state index contributed by atoms with van der Waals surface area (Å²) in [7, 11) is 0. The molecule has 2 N–H and O–H groups in total. The highest BCUT2D eigenvalue weighted by Gasteiger charge is 2.18. The van der Waals surface area contributed by atoms with Gasteiger partial charge < -0.3 is 10.6 Å². The van der Waals surface area contributed by atoms with Gasteiger partial charge in [-0.1, -0.05) is 27.0 Å². The Kier molecular flexibility index (Phi) is 6.71. The van der Waals surface area contributed by atoms with Gasteiger partial charge in [-0.25, -0.2) is 0 Å². The number of rotatable bonds is 3. The van der Waals surface area contributed by atoms with Crippen LogP contribution >= 0.6 is 0 Å². The van der Waals surface area contributed by atoms with Gasteiger partial charge >= 0.3 is 0 Å². The summed E-state index contributed by atoms with van der Waals surface area (Å²) in [6.45, 7) is 15.3. The van der Waals surface area contributed by atoms with E-state index in [1.54, 1.807) is 6.21 Å². The van der Waals surface area contributed by atoms with Crippen LogP contribution in [0.25, 0.3) is 0 Å². The molecule has 0 spiro atoms. The lowest BCUT2D eigenvalue weighted by Crippen LogP contribution is -2.26. The molecule has 3 nitrogen and oxygen atoms in total. The molecule has 0 aromatic rings. The van der Waals surface area contributed by atoms with Crippen molar-refractivity contribution in [1.82, 2.24) is 4.90 Å². The number of nitrogens with two attached hydrogens (primary N) is 1. The molecule has 1 heterocycles. The van der Waals surface area contributed by atoms with Gasteiger partial charge in [0.05, 0.1) is 0 Å². The molecule has 3 heteroatoms. The van der Waals surface area contributed by atoms with Gasteiger partial charge in [0.1, 0.15) is 0 Å². The van der Waals surface area contributed by atoms with E-state index < -0.39 is 0 Å². The molecule has 1 aliphatic heterocycles. The highest BCUT2D eigenvalue weighted by atomic mass is 15.2. The monoisotopic (exact) mass is 209 g/mol. The molecule has 0 saturated carbocycles. The van der Waals surface area contributed by atoms with Crippen molar-refractivity contribution in [2.24, 2.45) is 10.7 Å². The van der Waals surface area contributed by atoms with Gasteiger partial charge in [-0.05, 0) is 13.3 Å². The van der Waals surface area contributed by atoms with Crippen molar-refractivity contribution in [2.45, 2.75) is 33.2 Å². The van der Waals surface area contributed by atoms with Gasteiger partial charge in [-0.2, -0.15) is 0 Å². The third kappa shape index (κ3) is 5.37. The summed E-state index contributed by atoms with van der Waals surface area (Å²) in [6, 6.07) is 0.287. The smallest absolute Gasteiger partial charge is 0.0498 e. The maximum atomic E-state index is 5.77. The normalized spacial score (nSPS) is 20.0. The van der Waals surface area contributed by atoms with E-state index in [0.29, 0.717) is 0 Å². The topological polar surface area (TPSA) is 41.6 Å². The van der Waals surface area contributed by atoms with Crippen molar-refractivity contribution < 1.29 is 0 Å². The Balaban J connectivity index is 0.000000921. The molecule has 86 valence electrons. The van der Waals surface area contributed by atoms with E-state index in [1.807, 2.05) is 20.8 Å². The molecular formula is C12H23N3. The van der Waals surface area contributed by atoms with E-state index in [4.69, 9.17) is 5.73 Å². The minimum atomic E-state index is 0.287. The van der Waals surface area contributed by atoms with E-state index in [1.165, 1.54) is 0 Å². The first-order chi connectivity index (χ1) is 7.09. The fraction of sp³-hybridized carbons (Fsp3) is 0.583. The lowest BCUT2D eigenvalue weighted by molar-refractivity contribution is 0.444. The van der Waals surface area contributed by atoms with Crippen molar-refractivity contribution in [3.05, 3.63) is 24.6 Å². The van der Waals surface area contributed by atoms with Gasteiger partial charge in [0.25, 0.3) is 0 Å². The molecule has 0 bridgehead atoms. The zero-order chi connectivity index (χ0) is 11.8. The lowest BCUT2D eigenvalue weighted by Gasteiger charge is -2.16. The number of likely N-dealkylation sites (tertiary alicyclic amines) is 1. The average molecular weight is 209 g/mol. The molecule has 0 aliphatic carbocycles. The molecule has 0 amide bonds. The zero-order valence-electron chi connectivity index (χ0n) is 10.2. The summed E-state index contributed by atoms with van der Waals surface area (Å²) in [5.74, 6) is 0. The quantitative estimate of drug-likeness (QED) is 0.724. The van der Waals surface area contributed by atoms with Crippen LogP contribution in [0.1, 0.15) is 27.2 Å². The number of nitrogens with zero attached hydrogens (tertiary/aromatic N) is 2. The Hall–Kier alpha value is -1.09. The van der Waals surface area contributed by atoms with E-state index in [-0.39, 0.29) is 6.04 Å². The maximum Gasteiger partial charge on any atom is 0.0498 e. The van der Waals surface area contributed by atoms with Crippen molar-refractivity contribution in [3.8, 4) is 0 Å². The van der Waals surface area contributed by atoms with Crippen LogP contribution < -0.4 is 5.73 Å². The van der Waals surface area contributed by atoms with Crippen molar-refractivity contribution in [3.63, 3.8) is 0 Å². The highest BCUT2D eigenvalue weighted by molar-refractivity contribution is 5.77. The maximum absolute atomic E-state index is 5.77. The predicted molar refractivity (Wildman–Crippen MR) is 68.0 cm³/mol. The van der Waals surface area contributed by atoms with E-state index in [9.17, 15) is 0 Å². The van der Waals surface area contributed by atoms with Gasteiger partial charge in [0.2, 0.25) is 0 Å². The van der Waals surface area contributed by atoms with Crippen LogP contribution in [-0.4, -0.2) is 30.2 Å². The minimum Gasteiger partial charge on any atom is -0.369 e. The van der Waals surface area contributed by atoms with Crippen LogP contribution in [0.2, 0.25) is 0 Å². The van der Waals surface area contributed by atoms with Crippen molar-refractivity contribution >= 4 is 6.21 Å². The van der Waals surface area contributed by atoms with Crippen LogP contribution in [0.3, 0.4) is 0 Å². The fourth-order valence-electron chi connectivity index (χ4n) is 1.31. The average Bonchev–Trinajstić information content (AvgIpc) is 2.64. The Morgan fingerprint density at radius 1 is 1.47 bits per heavy atom. The molecule has 1 unspecified atom stereocenters. The number of hydrogen-bond acceptors (Lipinski definition) is 3. The number of hydrogen-bond donors (Lipinski definition) is 1. The summed E-state index contributed by atoms with van der Waals surface area (Å²) in [6.07, 6.45) is 2.79. The van der Waals surface area contributed by atoms with E-state index in [2.05, 4.69) is 23.1 Å². The second kappa shape index (κ2) is 7.23. The first-order valence-corrected chi connectivity index (χ1v) is 5.48. The van der Waals surface area contributed by atoms with Crippen LogP contribution in [0.5, 0.6) is 0 Å². The molecular weight excluding hydrogens is 186 g/mol. The Morgan fingerprint density at radius 3 is 2.47 bits per heavy atom. The zero-order valence-corrected chi connectivity index (χ0v) is 10.2. The molecule has 0 radical (unpaired) electrons. The second-order valence-corrected chi connectivity index (χ2v) is 3.48. The second-order valence-electron chi connectivity index (χ2n) is 3.48. The summed E-state index contributed by atoms with van der Waals surface area (Å²) in [4.78, 5) is 6.24. The van der Waals surface area contributed by atoms with Gasteiger partial charge in [0.15, 0.2) is 0 Å². The largest absolute Gasteiger partial charge is 0.369 e. The van der Waals surface area contributed by atoms with Crippen LogP contribution in [0, 0.1) is 0 Å². The number of allylic oxidation sites excluding steroid dienone is 2. The summed E-state index contributed by atoms with van der Waals surface area (Å²) < 4.78 is 0.